The molecule has 2 rings (SSSR count). The average Bonchev–Trinajstić information content (AvgIpc) is 2.74. The van der Waals surface area contributed by atoms with E-state index in [1.165, 1.54) is 12.1 Å². The van der Waals surface area contributed by atoms with Crippen molar-refractivity contribution in [3.63, 3.8) is 0 Å². The van der Waals surface area contributed by atoms with Crippen molar-refractivity contribution in [2.75, 3.05) is 5.32 Å². The SMILES string of the molecule is CCn1cc(Cl)cc1C(=O)Nc1ccc(Br)cc1F. The molecule has 19 heavy (non-hydrogen) atoms. The number of nitrogens with zero attached hydrogens (tertiary/aromatic N) is 1. The fraction of sp³-hybridized carbons (Fsp3) is 0.154. The number of hydrogen-bond acceptors (Lipinski definition) is 1. The van der Waals surface area contributed by atoms with Crippen molar-refractivity contribution in [1.82, 2.24) is 4.57 Å². The largest absolute Gasteiger partial charge is 0.342 e. The number of rotatable bonds is 3. The Labute approximate surface area is 123 Å². The number of carbonyl (C=O) groups is 1. The summed E-state index contributed by atoms with van der Waals surface area (Å²) in [5.41, 5.74) is 0.531. The predicted octanol–water partition coefficient (Wildman–Crippen LogP) is 4.32. The molecular formula is C13H11BrClFN2O. The molecular weight excluding hydrogens is 335 g/mol. The van der Waals surface area contributed by atoms with Gasteiger partial charge in [-0.2, -0.15) is 0 Å². The van der Waals surface area contributed by atoms with E-state index in [0.717, 1.165) is 0 Å². The van der Waals surface area contributed by atoms with Crippen LogP contribution < -0.4 is 5.32 Å². The quantitative estimate of drug-likeness (QED) is 0.883. The van der Waals surface area contributed by atoms with Gasteiger partial charge >= 0.3 is 0 Å². The lowest BCUT2D eigenvalue weighted by Gasteiger charge is -2.08. The summed E-state index contributed by atoms with van der Waals surface area (Å²) >= 11 is 9.02. The zero-order valence-electron chi connectivity index (χ0n) is 10.1. The minimum Gasteiger partial charge on any atom is -0.342 e. The second-order valence-electron chi connectivity index (χ2n) is 3.91. The molecule has 6 heteroatoms. The van der Waals surface area contributed by atoms with Gasteiger partial charge in [0.1, 0.15) is 11.5 Å². The molecule has 0 fully saturated rings. The lowest BCUT2D eigenvalue weighted by molar-refractivity contribution is 0.101. The predicted molar refractivity (Wildman–Crippen MR) is 77.2 cm³/mol. The first-order valence-electron chi connectivity index (χ1n) is 5.63. The number of amides is 1. The average molecular weight is 346 g/mol. The maximum absolute atomic E-state index is 13.6. The molecule has 1 N–H and O–H groups in total. The molecule has 0 spiro atoms. The standard InChI is InChI=1S/C13H11BrClFN2O/c1-2-18-7-9(15)6-12(18)13(19)17-11-4-3-8(14)5-10(11)16/h3-7H,2H2,1H3,(H,17,19). The summed E-state index contributed by atoms with van der Waals surface area (Å²) in [7, 11) is 0. The van der Waals surface area contributed by atoms with E-state index in [2.05, 4.69) is 21.2 Å². The first-order valence-corrected chi connectivity index (χ1v) is 6.80. The first-order chi connectivity index (χ1) is 9.01. The summed E-state index contributed by atoms with van der Waals surface area (Å²) in [6, 6.07) is 6.00. The van der Waals surface area contributed by atoms with Gasteiger partial charge in [0.15, 0.2) is 0 Å². The van der Waals surface area contributed by atoms with Crippen LogP contribution in [0.3, 0.4) is 0 Å². The number of benzene rings is 1. The van der Waals surface area contributed by atoms with Crippen LogP contribution in [0.4, 0.5) is 10.1 Å². The van der Waals surface area contributed by atoms with Gasteiger partial charge in [-0.3, -0.25) is 4.79 Å². The van der Waals surface area contributed by atoms with E-state index in [1.54, 1.807) is 22.9 Å². The van der Waals surface area contributed by atoms with Gasteiger partial charge in [-0.15, -0.1) is 0 Å². The molecule has 0 saturated heterocycles. The van der Waals surface area contributed by atoms with Crippen molar-refractivity contribution in [2.24, 2.45) is 0 Å². The zero-order chi connectivity index (χ0) is 14.0. The Morgan fingerprint density at radius 1 is 1.47 bits per heavy atom. The smallest absolute Gasteiger partial charge is 0.272 e. The Morgan fingerprint density at radius 3 is 2.84 bits per heavy atom. The van der Waals surface area contributed by atoms with Gasteiger partial charge in [0.25, 0.3) is 5.91 Å². The highest BCUT2D eigenvalue weighted by Crippen LogP contribution is 2.21. The minimum absolute atomic E-state index is 0.133. The molecule has 1 amide bonds. The maximum Gasteiger partial charge on any atom is 0.272 e. The normalized spacial score (nSPS) is 10.5. The number of hydrogen-bond donors (Lipinski definition) is 1. The Hall–Kier alpha value is -1.33. The van der Waals surface area contributed by atoms with E-state index in [4.69, 9.17) is 11.6 Å². The Balaban J connectivity index is 2.25. The van der Waals surface area contributed by atoms with Crippen LogP contribution in [0.5, 0.6) is 0 Å². The van der Waals surface area contributed by atoms with Crippen LogP contribution in [0.2, 0.25) is 5.02 Å². The van der Waals surface area contributed by atoms with Crippen LogP contribution in [-0.4, -0.2) is 10.5 Å². The summed E-state index contributed by atoms with van der Waals surface area (Å²) < 4.78 is 16.0. The number of carbonyl (C=O) groups excluding carboxylic acids is 1. The van der Waals surface area contributed by atoms with Crippen molar-refractivity contribution < 1.29 is 9.18 Å². The third-order valence-electron chi connectivity index (χ3n) is 2.62. The van der Waals surface area contributed by atoms with Crippen LogP contribution in [0.1, 0.15) is 17.4 Å². The number of aromatic nitrogens is 1. The molecule has 0 bridgehead atoms. The number of nitrogens with one attached hydrogen (secondary N) is 1. The van der Waals surface area contributed by atoms with E-state index in [1.807, 2.05) is 6.92 Å². The van der Waals surface area contributed by atoms with Crippen molar-refractivity contribution in [2.45, 2.75) is 13.5 Å². The molecule has 0 aliphatic rings. The monoisotopic (exact) mass is 344 g/mol. The molecule has 0 aliphatic carbocycles. The van der Waals surface area contributed by atoms with Gasteiger partial charge in [-0.05, 0) is 31.2 Å². The van der Waals surface area contributed by atoms with Crippen LogP contribution >= 0.6 is 27.5 Å². The third-order valence-corrected chi connectivity index (χ3v) is 3.32. The lowest BCUT2D eigenvalue weighted by Crippen LogP contribution is -2.17. The Kier molecular flexibility index (Phi) is 4.27. The fourth-order valence-electron chi connectivity index (χ4n) is 1.70. The molecule has 100 valence electrons. The molecule has 0 saturated carbocycles. The summed E-state index contributed by atoms with van der Waals surface area (Å²) in [5, 5.41) is 3.00. The molecule has 1 heterocycles. The lowest BCUT2D eigenvalue weighted by atomic mass is 10.3. The maximum atomic E-state index is 13.6. The molecule has 1 aromatic heterocycles. The van der Waals surface area contributed by atoms with E-state index in [0.29, 0.717) is 21.7 Å². The zero-order valence-corrected chi connectivity index (χ0v) is 12.4. The van der Waals surface area contributed by atoms with Gasteiger partial charge in [0.05, 0.1) is 10.7 Å². The van der Waals surface area contributed by atoms with Gasteiger partial charge in [0, 0.05) is 17.2 Å². The van der Waals surface area contributed by atoms with Gasteiger partial charge in [-0.1, -0.05) is 27.5 Å². The molecule has 0 aliphatic heterocycles. The third kappa shape index (κ3) is 3.16. The second-order valence-corrected chi connectivity index (χ2v) is 5.26. The van der Waals surface area contributed by atoms with Crippen LogP contribution in [0.15, 0.2) is 34.9 Å². The van der Waals surface area contributed by atoms with E-state index < -0.39 is 11.7 Å². The van der Waals surface area contributed by atoms with Crippen molar-refractivity contribution in [3.8, 4) is 0 Å². The molecule has 3 nitrogen and oxygen atoms in total. The minimum atomic E-state index is -0.497. The molecule has 1 aromatic carbocycles. The van der Waals surface area contributed by atoms with E-state index in [-0.39, 0.29) is 5.69 Å². The fourth-order valence-corrected chi connectivity index (χ4v) is 2.26. The number of anilines is 1. The topological polar surface area (TPSA) is 34.0 Å². The summed E-state index contributed by atoms with van der Waals surface area (Å²) in [6.07, 6.45) is 1.66. The van der Waals surface area contributed by atoms with Crippen LogP contribution in [-0.2, 0) is 6.54 Å². The first kappa shape index (κ1) is 14.1. The van der Waals surface area contributed by atoms with Crippen molar-refractivity contribution >= 4 is 39.1 Å². The summed E-state index contributed by atoms with van der Waals surface area (Å²) in [6.45, 7) is 2.51. The molecule has 0 unspecified atom stereocenters. The molecule has 0 atom stereocenters. The highest BCUT2D eigenvalue weighted by Gasteiger charge is 2.14. The number of aryl methyl sites for hydroxylation is 1. The highest BCUT2D eigenvalue weighted by atomic mass is 79.9. The van der Waals surface area contributed by atoms with E-state index >= 15 is 0 Å². The van der Waals surface area contributed by atoms with Crippen molar-refractivity contribution in [1.29, 1.82) is 0 Å². The summed E-state index contributed by atoms with van der Waals surface area (Å²) in [4.78, 5) is 12.1. The van der Waals surface area contributed by atoms with Crippen LogP contribution in [0, 0.1) is 5.82 Å². The number of halogens is 3. The summed E-state index contributed by atoms with van der Waals surface area (Å²) in [5.74, 6) is -0.890. The van der Waals surface area contributed by atoms with Gasteiger partial charge < -0.3 is 9.88 Å². The molecule has 0 radical (unpaired) electrons. The van der Waals surface area contributed by atoms with Crippen LogP contribution in [0.25, 0.3) is 0 Å². The van der Waals surface area contributed by atoms with Gasteiger partial charge in [0.2, 0.25) is 0 Å². The second kappa shape index (κ2) is 5.75. The Bertz CT molecular complexity index is 627. The van der Waals surface area contributed by atoms with E-state index in [9.17, 15) is 9.18 Å². The van der Waals surface area contributed by atoms with Crippen molar-refractivity contribution in [3.05, 3.63) is 51.5 Å². The van der Waals surface area contributed by atoms with Gasteiger partial charge in [-0.25, -0.2) is 4.39 Å². The molecule has 2 aromatic rings. The Morgan fingerprint density at radius 2 is 2.21 bits per heavy atom. The highest BCUT2D eigenvalue weighted by molar-refractivity contribution is 9.10.